The van der Waals surface area contributed by atoms with Crippen molar-refractivity contribution in [3.05, 3.63) is 35.4 Å². The fourth-order valence-electron chi connectivity index (χ4n) is 1.67. The minimum atomic E-state index is -3.44. The fraction of sp³-hybridized carbons (Fsp3) is 0.462. The summed E-state index contributed by atoms with van der Waals surface area (Å²) in [5.41, 5.74) is 0.356. The highest BCUT2D eigenvalue weighted by molar-refractivity contribution is 7.90. The predicted octanol–water partition coefficient (Wildman–Crippen LogP) is 2.02. The van der Waals surface area contributed by atoms with Gasteiger partial charge in [-0.3, -0.25) is 4.79 Å². The molecule has 0 aliphatic carbocycles. The lowest BCUT2D eigenvalue weighted by molar-refractivity contribution is -0.145. The molecule has 0 amide bonds. The molecule has 0 saturated heterocycles. The Morgan fingerprint density at radius 2 is 1.83 bits per heavy atom. The Kier molecular flexibility index (Phi) is 4.16. The molecule has 18 heavy (non-hydrogen) atoms. The van der Waals surface area contributed by atoms with Crippen molar-refractivity contribution in [1.82, 2.24) is 0 Å². The van der Waals surface area contributed by atoms with Gasteiger partial charge in [0.1, 0.15) is 0 Å². The van der Waals surface area contributed by atoms with E-state index in [0.717, 1.165) is 11.1 Å². The van der Waals surface area contributed by atoms with E-state index < -0.39 is 21.2 Å². The predicted molar refractivity (Wildman–Crippen MR) is 70.1 cm³/mol. The third-order valence-electron chi connectivity index (χ3n) is 2.80. The van der Waals surface area contributed by atoms with Crippen molar-refractivity contribution in [1.29, 1.82) is 0 Å². The molecule has 5 heteroatoms. The zero-order valence-electron chi connectivity index (χ0n) is 10.8. The van der Waals surface area contributed by atoms with Crippen LogP contribution in [0.1, 0.15) is 25.0 Å². The zero-order chi connectivity index (χ0) is 14.0. The Bertz CT molecular complexity index is 544. The Balaban J connectivity index is 2.91. The Hall–Kier alpha value is -1.36. The van der Waals surface area contributed by atoms with Gasteiger partial charge in [0.25, 0.3) is 0 Å². The van der Waals surface area contributed by atoms with Crippen molar-refractivity contribution in [3.63, 3.8) is 0 Å². The van der Waals surface area contributed by atoms with E-state index in [2.05, 4.69) is 0 Å². The molecule has 0 fully saturated rings. The van der Waals surface area contributed by atoms with Gasteiger partial charge in [0.15, 0.2) is 9.84 Å². The fourth-order valence-corrected chi connectivity index (χ4v) is 3.79. The molecule has 0 heterocycles. The lowest BCUT2D eigenvalue weighted by Gasteiger charge is -2.19. The molecule has 4 nitrogen and oxygen atoms in total. The summed E-state index contributed by atoms with van der Waals surface area (Å²) in [4.78, 5) is 11.0. The van der Waals surface area contributed by atoms with Gasteiger partial charge in [0.2, 0.25) is 0 Å². The van der Waals surface area contributed by atoms with Crippen molar-refractivity contribution in [2.24, 2.45) is 5.41 Å². The first kappa shape index (κ1) is 14.7. The number of carboxylic acid groups (broad SMARTS) is 1. The largest absolute Gasteiger partial charge is 0.481 e. The number of aliphatic carboxylic acids is 1. The van der Waals surface area contributed by atoms with Gasteiger partial charge in [0, 0.05) is 0 Å². The molecule has 1 aromatic rings. The monoisotopic (exact) mass is 270 g/mol. The van der Waals surface area contributed by atoms with Crippen molar-refractivity contribution in [2.75, 3.05) is 5.75 Å². The van der Waals surface area contributed by atoms with Crippen LogP contribution in [0.4, 0.5) is 0 Å². The SMILES string of the molecule is Cc1ccccc1CS(=O)(=O)CC(C)(C)C(=O)O. The van der Waals surface area contributed by atoms with Gasteiger partial charge < -0.3 is 5.11 Å². The van der Waals surface area contributed by atoms with Crippen molar-refractivity contribution < 1.29 is 18.3 Å². The summed E-state index contributed by atoms with van der Waals surface area (Å²) < 4.78 is 24.0. The summed E-state index contributed by atoms with van der Waals surface area (Å²) in [5, 5.41) is 8.96. The van der Waals surface area contributed by atoms with Crippen LogP contribution >= 0.6 is 0 Å². The van der Waals surface area contributed by atoms with E-state index in [1.54, 1.807) is 12.1 Å². The van der Waals surface area contributed by atoms with Crippen molar-refractivity contribution >= 4 is 15.8 Å². The number of hydrogen-bond acceptors (Lipinski definition) is 3. The minimum Gasteiger partial charge on any atom is -0.481 e. The Morgan fingerprint density at radius 3 is 2.33 bits per heavy atom. The molecule has 1 N–H and O–H groups in total. The maximum absolute atomic E-state index is 12.0. The topological polar surface area (TPSA) is 71.4 Å². The Labute approximate surface area is 108 Å². The number of carboxylic acids is 1. The Morgan fingerprint density at radius 1 is 1.28 bits per heavy atom. The van der Waals surface area contributed by atoms with Crippen molar-refractivity contribution in [2.45, 2.75) is 26.5 Å². The smallest absolute Gasteiger partial charge is 0.310 e. The molecule has 0 unspecified atom stereocenters. The summed E-state index contributed by atoms with van der Waals surface area (Å²) in [7, 11) is -3.44. The van der Waals surface area contributed by atoms with E-state index in [9.17, 15) is 13.2 Å². The summed E-state index contributed by atoms with van der Waals surface area (Å²) in [6.45, 7) is 4.68. The number of hydrogen-bond donors (Lipinski definition) is 1. The highest BCUT2D eigenvalue weighted by Gasteiger charge is 2.33. The molecule has 1 aromatic carbocycles. The molecule has 0 radical (unpaired) electrons. The summed E-state index contributed by atoms with van der Waals surface area (Å²) in [5.74, 6) is -1.57. The second-order valence-corrected chi connectivity index (χ2v) is 7.21. The lowest BCUT2D eigenvalue weighted by atomic mass is 9.97. The van der Waals surface area contributed by atoms with Crippen LogP contribution < -0.4 is 0 Å². The quantitative estimate of drug-likeness (QED) is 0.888. The van der Waals surface area contributed by atoms with Gasteiger partial charge in [-0.1, -0.05) is 24.3 Å². The molecule has 0 aliphatic heterocycles. The molecular weight excluding hydrogens is 252 g/mol. The second kappa shape index (κ2) is 5.10. The van der Waals surface area contributed by atoms with Crippen LogP contribution in [-0.4, -0.2) is 25.2 Å². The molecule has 1 rings (SSSR count). The van der Waals surface area contributed by atoms with Crippen LogP contribution in [0, 0.1) is 12.3 Å². The molecule has 0 saturated carbocycles. The number of aryl methyl sites for hydroxylation is 1. The number of benzene rings is 1. The first-order valence-corrected chi connectivity index (χ1v) is 7.44. The third-order valence-corrected chi connectivity index (χ3v) is 4.71. The van der Waals surface area contributed by atoms with Crippen LogP contribution in [0.25, 0.3) is 0 Å². The molecule has 0 aromatic heterocycles. The molecule has 0 atom stereocenters. The molecule has 0 bridgehead atoms. The number of sulfone groups is 1. The van der Waals surface area contributed by atoms with Crippen LogP contribution in [0.15, 0.2) is 24.3 Å². The highest BCUT2D eigenvalue weighted by atomic mass is 32.2. The van der Waals surface area contributed by atoms with Crippen LogP contribution in [0.2, 0.25) is 0 Å². The van der Waals surface area contributed by atoms with Gasteiger partial charge in [-0.05, 0) is 31.9 Å². The van der Waals surface area contributed by atoms with E-state index in [-0.39, 0.29) is 11.5 Å². The molecule has 0 aliphatic rings. The van der Waals surface area contributed by atoms with Crippen LogP contribution in [0.3, 0.4) is 0 Å². The number of carbonyl (C=O) groups is 1. The minimum absolute atomic E-state index is 0.115. The number of rotatable bonds is 5. The maximum atomic E-state index is 12.0. The van der Waals surface area contributed by atoms with E-state index >= 15 is 0 Å². The van der Waals surface area contributed by atoms with Crippen LogP contribution in [-0.2, 0) is 20.4 Å². The lowest BCUT2D eigenvalue weighted by Crippen LogP contribution is -2.32. The summed E-state index contributed by atoms with van der Waals surface area (Å²) in [6.07, 6.45) is 0. The van der Waals surface area contributed by atoms with Gasteiger partial charge in [-0.25, -0.2) is 8.42 Å². The summed E-state index contributed by atoms with van der Waals surface area (Å²) >= 11 is 0. The van der Waals surface area contributed by atoms with Crippen LogP contribution in [0.5, 0.6) is 0 Å². The average Bonchev–Trinajstić information content (AvgIpc) is 2.19. The average molecular weight is 270 g/mol. The van der Waals surface area contributed by atoms with Crippen molar-refractivity contribution in [3.8, 4) is 0 Å². The normalized spacial score (nSPS) is 12.4. The van der Waals surface area contributed by atoms with E-state index in [0.29, 0.717) is 0 Å². The highest BCUT2D eigenvalue weighted by Crippen LogP contribution is 2.21. The zero-order valence-corrected chi connectivity index (χ0v) is 11.6. The first-order valence-electron chi connectivity index (χ1n) is 5.62. The van der Waals surface area contributed by atoms with E-state index in [1.165, 1.54) is 13.8 Å². The molecule has 100 valence electrons. The van der Waals surface area contributed by atoms with E-state index in [4.69, 9.17) is 5.11 Å². The van der Waals surface area contributed by atoms with E-state index in [1.807, 2.05) is 19.1 Å². The van der Waals surface area contributed by atoms with Gasteiger partial charge in [-0.2, -0.15) is 0 Å². The second-order valence-electron chi connectivity index (χ2n) is 5.15. The van der Waals surface area contributed by atoms with Gasteiger partial charge in [0.05, 0.1) is 16.9 Å². The third kappa shape index (κ3) is 3.84. The molecule has 0 spiro atoms. The summed E-state index contributed by atoms with van der Waals surface area (Å²) in [6, 6.07) is 7.21. The molecular formula is C13H18O4S. The van der Waals surface area contributed by atoms with Gasteiger partial charge >= 0.3 is 5.97 Å². The van der Waals surface area contributed by atoms with Gasteiger partial charge in [-0.15, -0.1) is 0 Å². The standard InChI is InChI=1S/C13H18O4S/c1-10-6-4-5-7-11(10)8-18(16,17)9-13(2,3)12(14)15/h4-7H,8-9H2,1-3H3,(H,14,15). The maximum Gasteiger partial charge on any atom is 0.310 e. The first-order chi connectivity index (χ1) is 8.14.